The highest BCUT2D eigenvalue weighted by Gasteiger charge is 2.22. The zero-order valence-corrected chi connectivity index (χ0v) is 13.6. The van der Waals surface area contributed by atoms with Crippen LogP contribution in [0.5, 0.6) is 0 Å². The van der Waals surface area contributed by atoms with E-state index in [1.54, 1.807) is 11.3 Å². The maximum atomic E-state index is 5.33. The first-order valence-electron chi connectivity index (χ1n) is 7.08. The zero-order chi connectivity index (χ0) is 15.6. The van der Waals surface area contributed by atoms with E-state index in [0.717, 1.165) is 23.5 Å². The van der Waals surface area contributed by atoms with E-state index in [1.807, 2.05) is 35.2 Å². The smallest absolute Gasteiger partial charge is 0.232 e. The normalized spacial score (nSPS) is 11.6. The molecule has 6 heteroatoms. The molecule has 0 fully saturated rings. The van der Waals surface area contributed by atoms with E-state index >= 15 is 0 Å². The van der Waals surface area contributed by atoms with E-state index < -0.39 is 0 Å². The number of thiazole rings is 1. The SMILES string of the molecule is CC(C)(C)c1nc(-c2ccc(NCc3cscn3)cc2)no1. The van der Waals surface area contributed by atoms with Crippen molar-refractivity contribution >= 4 is 17.0 Å². The minimum atomic E-state index is -0.139. The van der Waals surface area contributed by atoms with Crippen molar-refractivity contribution in [3.63, 3.8) is 0 Å². The fourth-order valence-corrected chi connectivity index (χ4v) is 2.46. The first kappa shape index (κ1) is 14.7. The third-order valence-corrected chi connectivity index (χ3v) is 3.80. The predicted molar refractivity (Wildman–Crippen MR) is 87.9 cm³/mol. The van der Waals surface area contributed by atoms with Crippen LogP contribution in [0.1, 0.15) is 32.4 Å². The molecule has 0 bridgehead atoms. The monoisotopic (exact) mass is 314 g/mol. The molecular formula is C16H18N4OS. The first-order valence-corrected chi connectivity index (χ1v) is 8.02. The van der Waals surface area contributed by atoms with E-state index in [-0.39, 0.29) is 5.41 Å². The third-order valence-electron chi connectivity index (χ3n) is 3.17. The molecule has 2 aromatic heterocycles. The summed E-state index contributed by atoms with van der Waals surface area (Å²) in [6.07, 6.45) is 0. The molecule has 2 heterocycles. The number of aromatic nitrogens is 3. The second-order valence-electron chi connectivity index (χ2n) is 6.08. The van der Waals surface area contributed by atoms with Crippen molar-refractivity contribution in [3.05, 3.63) is 46.7 Å². The van der Waals surface area contributed by atoms with Gasteiger partial charge in [0.25, 0.3) is 0 Å². The summed E-state index contributed by atoms with van der Waals surface area (Å²) in [6.45, 7) is 6.88. The predicted octanol–water partition coefficient (Wildman–Crippen LogP) is 4.10. The van der Waals surface area contributed by atoms with Crippen LogP contribution in [-0.2, 0) is 12.0 Å². The minimum Gasteiger partial charge on any atom is -0.379 e. The Hall–Kier alpha value is -2.21. The molecule has 0 aliphatic heterocycles. The highest BCUT2D eigenvalue weighted by Crippen LogP contribution is 2.24. The molecule has 3 aromatic rings. The molecule has 114 valence electrons. The Morgan fingerprint density at radius 3 is 2.55 bits per heavy atom. The van der Waals surface area contributed by atoms with Crippen LogP contribution in [0, 0.1) is 0 Å². The topological polar surface area (TPSA) is 63.8 Å². The third kappa shape index (κ3) is 3.33. The van der Waals surface area contributed by atoms with Gasteiger partial charge in [-0.15, -0.1) is 11.3 Å². The number of benzene rings is 1. The van der Waals surface area contributed by atoms with Gasteiger partial charge in [0.2, 0.25) is 11.7 Å². The molecule has 5 nitrogen and oxygen atoms in total. The highest BCUT2D eigenvalue weighted by molar-refractivity contribution is 7.07. The van der Waals surface area contributed by atoms with Gasteiger partial charge in [-0.25, -0.2) is 4.98 Å². The summed E-state index contributed by atoms with van der Waals surface area (Å²) in [4.78, 5) is 8.71. The van der Waals surface area contributed by atoms with Gasteiger partial charge in [0.1, 0.15) is 0 Å². The van der Waals surface area contributed by atoms with Crippen LogP contribution < -0.4 is 5.32 Å². The van der Waals surface area contributed by atoms with Crippen molar-refractivity contribution < 1.29 is 4.52 Å². The van der Waals surface area contributed by atoms with Crippen molar-refractivity contribution in [1.82, 2.24) is 15.1 Å². The zero-order valence-electron chi connectivity index (χ0n) is 12.8. The second-order valence-corrected chi connectivity index (χ2v) is 6.80. The van der Waals surface area contributed by atoms with Crippen LogP contribution in [-0.4, -0.2) is 15.1 Å². The Balaban J connectivity index is 1.70. The van der Waals surface area contributed by atoms with E-state index in [1.165, 1.54) is 0 Å². The Labute approximate surface area is 133 Å². The lowest BCUT2D eigenvalue weighted by atomic mass is 9.97. The molecule has 0 saturated carbocycles. The highest BCUT2D eigenvalue weighted by atomic mass is 32.1. The number of nitrogens with zero attached hydrogens (tertiary/aromatic N) is 3. The summed E-state index contributed by atoms with van der Waals surface area (Å²) in [7, 11) is 0. The quantitative estimate of drug-likeness (QED) is 0.785. The lowest BCUT2D eigenvalue weighted by Gasteiger charge is -2.10. The molecule has 0 saturated heterocycles. The molecule has 0 aliphatic rings. The Kier molecular flexibility index (Phi) is 3.94. The molecule has 0 spiro atoms. The van der Waals surface area contributed by atoms with Gasteiger partial charge in [0.15, 0.2) is 0 Å². The number of rotatable bonds is 4. The van der Waals surface area contributed by atoms with Gasteiger partial charge in [-0.2, -0.15) is 4.98 Å². The van der Waals surface area contributed by atoms with Gasteiger partial charge in [-0.3, -0.25) is 0 Å². The average molecular weight is 314 g/mol. The van der Waals surface area contributed by atoms with Gasteiger partial charge >= 0.3 is 0 Å². The standard InChI is InChI=1S/C16H18N4OS/c1-16(2,3)15-19-14(20-21-15)11-4-6-12(7-5-11)17-8-13-9-22-10-18-13/h4-7,9-10,17H,8H2,1-3H3. The van der Waals surface area contributed by atoms with Gasteiger partial charge in [0.05, 0.1) is 17.7 Å². The van der Waals surface area contributed by atoms with Crippen LogP contribution in [0.15, 0.2) is 39.7 Å². The summed E-state index contributed by atoms with van der Waals surface area (Å²) < 4.78 is 5.33. The maximum Gasteiger partial charge on any atom is 0.232 e. The molecule has 0 radical (unpaired) electrons. The maximum absolute atomic E-state index is 5.33. The largest absolute Gasteiger partial charge is 0.379 e. The molecule has 0 aliphatic carbocycles. The molecule has 3 rings (SSSR count). The van der Waals surface area contributed by atoms with E-state index in [0.29, 0.717) is 11.7 Å². The van der Waals surface area contributed by atoms with Gasteiger partial charge < -0.3 is 9.84 Å². The van der Waals surface area contributed by atoms with Gasteiger partial charge in [-0.1, -0.05) is 25.9 Å². The van der Waals surface area contributed by atoms with E-state index in [9.17, 15) is 0 Å². The summed E-state index contributed by atoms with van der Waals surface area (Å²) in [5.41, 5.74) is 4.72. The Bertz CT molecular complexity index is 726. The van der Waals surface area contributed by atoms with Crippen molar-refractivity contribution in [1.29, 1.82) is 0 Å². The van der Waals surface area contributed by atoms with Crippen molar-refractivity contribution in [2.75, 3.05) is 5.32 Å². The van der Waals surface area contributed by atoms with Crippen LogP contribution in [0.25, 0.3) is 11.4 Å². The van der Waals surface area contributed by atoms with Crippen LogP contribution in [0.3, 0.4) is 0 Å². The second kappa shape index (κ2) is 5.88. The molecule has 1 N–H and O–H groups in total. The van der Waals surface area contributed by atoms with Crippen molar-refractivity contribution in [3.8, 4) is 11.4 Å². The lowest BCUT2D eigenvalue weighted by molar-refractivity contribution is 0.321. The summed E-state index contributed by atoms with van der Waals surface area (Å²) in [6, 6.07) is 7.99. The molecule has 22 heavy (non-hydrogen) atoms. The fraction of sp³-hybridized carbons (Fsp3) is 0.312. The van der Waals surface area contributed by atoms with E-state index in [2.05, 4.69) is 41.2 Å². The number of anilines is 1. The summed E-state index contributed by atoms with van der Waals surface area (Å²) >= 11 is 1.60. The number of hydrogen-bond donors (Lipinski definition) is 1. The van der Waals surface area contributed by atoms with Crippen LogP contribution in [0.4, 0.5) is 5.69 Å². The summed E-state index contributed by atoms with van der Waals surface area (Å²) in [5.74, 6) is 1.27. The van der Waals surface area contributed by atoms with Crippen molar-refractivity contribution in [2.45, 2.75) is 32.7 Å². The average Bonchev–Trinajstić information content (AvgIpc) is 3.16. The first-order chi connectivity index (χ1) is 10.5. The van der Waals surface area contributed by atoms with Crippen molar-refractivity contribution in [2.24, 2.45) is 0 Å². The lowest BCUT2D eigenvalue weighted by Crippen LogP contribution is -2.11. The number of hydrogen-bond acceptors (Lipinski definition) is 6. The van der Waals surface area contributed by atoms with Crippen LogP contribution >= 0.6 is 11.3 Å². The minimum absolute atomic E-state index is 0.139. The van der Waals surface area contributed by atoms with Gasteiger partial charge in [0, 0.05) is 22.0 Å². The molecule has 0 atom stereocenters. The molecule has 0 unspecified atom stereocenters. The summed E-state index contributed by atoms with van der Waals surface area (Å²) in [5, 5.41) is 9.43. The van der Waals surface area contributed by atoms with Gasteiger partial charge in [-0.05, 0) is 24.3 Å². The molecule has 1 aromatic carbocycles. The molecule has 0 amide bonds. The van der Waals surface area contributed by atoms with E-state index in [4.69, 9.17) is 4.52 Å². The molecular weight excluding hydrogens is 296 g/mol. The number of nitrogens with one attached hydrogen (secondary N) is 1. The Morgan fingerprint density at radius 1 is 1.18 bits per heavy atom. The fourth-order valence-electron chi connectivity index (χ4n) is 1.90. The van der Waals surface area contributed by atoms with Crippen LogP contribution in [0.2, 0.25) is 0 Å². The Morgan fingerprint density at radius 2 is 1.95 bits per heavy atom.